The number of anilines is 1. The SMILES string of the molecule is CCCc1nnsc1C(=O)N[C@@H]1CCCN(c2cccc(C)n2)C1. The van der Waals surface area contributed by atoms with Gasteiger partial charge in [-0.2, -0.15) is 0 Å². The second-order valence-electron chi connectivity index (χ2n) is 6.19. The van der Waals surface area contributed by atoms with Crippen LogP contribution in [0.3, 0.4) is 0 Å². The van der Waals surface area contributed by atoms with Crippen LogP contribution in [-0.4, -0.2) is 39.6 Å². The Morgan fingerprint density at radius 2 is 2.33 bits per heavy atom. The molecule has 0 unspecified atom stereocenters. The van der Waals surface area contributed by atoms with Gasteiger partial charge < -0.3 is 10.2 Å². The van der Waals surface area contributed by atoms with Crippen molar-refractivity contribution in [3.05, 3.63) is 34.5 Å². The van der Waals surface area contributed by atoms with Crippen LogP contribution in [0.4, 0.5) is 5.82 Å². The van der Waals surface area contributed by atoms with E-state index >= 15 is 0 Å². The molecule has 0 saturated carbocycles. The molecule has 0 aliphatic carbocycles. The predicted octanol–water partition coefficient (Wildman–Crippen LogP) is 2.59. The maximum atomic E-state index is 12.6. The van der Waals surface area contributed by atoms with Gasteiger partial charge in [0.1, 0.15) is 10.7 Å². The number of hydrogen-bond donors (Lipinski definition) is 1. The van der Waals surface area contributed by atoms with Crippen molar-refractivity contribution in [2.75, 3.05) is 18.0 Å². The Morgan fingerprint density at radius 3 is 3.12 bits per heavy atom. The highest BCUT2D eigenvalue weighted by Gasteiger charge is 2.24. The lowest BCUT2D eigenvalue weighted by Crippen LogP contribution is -2.48. The van der Waals surface area contributed by atoms with Crippen LogP contribution < -0.4 is 10.2 Å². The first-order valence-electron chi connectivity index (χ1n) is 8.48. The summed E-state index contributed by atoms with van der Waals surface area (Å²) in [7, 11) is 0. The molecule has 1 aliphatic rings. The topological polar surface area (TPSA) is 71.0 Å². The summed E-state index contributed by atoms with van der Waals surface area (Å²) < 4.78 is 3.94. The number of nitrogens with zero attached hydrogens (tertiary/aromatic N) is 4. The second-order valence-corrected chi connectivity index (χ2v) is 6.95. The molecular weight excluding hydrogens is 322 g/mol. The smallest absolute Gasteiger partial charge is 0.265 e. The first kappa shape index (κ1) is 16.8. The van der Waals surface area contributed by atoms with Crippen molar-refractivity contribution in [1.29, 1.82) is 0 Å². The zero-order valence-electron chi connectivity index (χ0n) is 14.2. The van der Waals surface area contributed by atoms with Crippen LogP contribution in [0.1, 0.15) is 47.2 Å². The van der Waals surface area contributed by atoms with Crippen LogP contribution in [0.2, 0.25) is 0 Å². The molecular formula is C17H23N5OS. The molecule has 128 valence electrons. The van der Waals surface area contributed by atoms with E-state index in [0.29, 0.717) is 4.88 Å². The van der Waals surface area contributed by atoms with E-state index in [9.17, 15) is 4.79 Å². The number of amides is 1. The highest BCUT2D eigenvalue weighted by atomic mass is 32.1. The maximum absolute atomic E-state index is 12.6. The predicted molar refractivity (Wildman–Crippen MR) is 95.6 cm³/mol. The van der Waals surface area contributed by atoms with Crippen molar-refractivity contribution in [3.8, 4) is 0 Å². The molecule has 1 N–H and O–H groups in total. The Bertz CT molecular complexity index is 702. The molecule has 7 heteroatoms. The van der Waals surface area contributed by atoms with Crippen LogP contribution in [0, 0.1) is 6.92 Å². The average Bonchev–Trinajstić information content (AvgIpc) is 3.04. The lowest BCUT2D eigenvalue weighted by Gasteiger charge is -2.34. The lowest BCUT2D eigenvalue weighted by atomic mass is 10.1. The van der Waals surface area contributed by atoms with Gasteiger partial charge in [0.15, 0.2) is 0 Å². The van der Waals surface area contributed by atoms with Crippen LogP contribution in [0.15, 0.2) is 18.2 Å². The number of hydrogen-bond acceptors (Lipinski definition) is 6. The quantitative estimate of drug-likeness (QED) is 0.902. The fraction of sp³-hybridized carbons (Fsp3) is 0.529. The largest absolute Gasteiger partial charge is 0.355 e. The summed E-state index contributed by atoms with van der Waals surface area (Å²) >= 11 is 1.19. The Morgan fingerprint density at radius 1 is 1.46 bits per heavy atom. The molecule has 1 aliphatic heterocycles. The number of piperidine rings is 1. The van der Waals surface area contributed by atoms with Crippen LogP contribution >= 0.6 is 11.5 Å². The lowest BCUT2D eigenvalue weighted by molar-refractivity contribution is 0.0936. The van der Waals surface area contributed by atoms with Gasteiger partial charge >= 0.3 is 0 Å². The number of nitrogens with one attached hydrogen (secondary N) is 1. The molecule has 0 spiro atoms. The van der Waals surface area contributed by atoms with E-state index in [1.807, 2.05) is 25.1 Å². The minimum Gasteiger partial charge on any atom is -0.355 e. The molecule has 1 atom stereocenters. The molecule has 6 nitrogen and oxygen atoms in total. The summed E-state index contributed by atoms with van der Waals surface area (Å²) in [6.07, 6.45) is 3.79. The van der Waals surface area contributed by atoms with Gasteiger partial charge in [0.25, 0.3) is 5.91 Å². The third-order valence-electron chi connectivity index (χ3n) is 4.20. The normalized spacial score (nSPS) is 17.8. The summed E-state index contributed by atoms with van der Waals surface area (Å²) in [5.74, 6) is 0.942. The Kier molecular flexibility index (Phi) is 5.40. The molecule has 3 heterocycles. The molecule has 3 rings (SSSR count). The van der Waals surface area contributed by atoms with Gasteiger partial charge in [-0.1, -0.05) is 23.9 Å². The molecule has 1 fully saturated rings. The van der Waals surface area contributed by atoms with Gasteiger partial charge in [0, 0.05) is 24.8 Å². The monoisotopic (exact) mass is 345 g/mol. The van der Waals surface area contributed by atoms with Crippen molar-refractivity contribution in [1.82, 2.24) is 19.9 Å². The van der Waals surface area contributed by atoms with Gasteiger partial charge in [-0.05, 0) is 49.9 Å². The number of carbonyl (C=O) groups is 1. The highest BCUT2D eigenvalue weighted by molar-refractivity contribution is 7.08. The van der Waals surface area contributed by atoms with Gasteiger partial charge in [0.05, 0.1) is 5.69 Å². The van der Waals surface area contributed by atoms with Crippen molar-refractivity contribution in [2.24, 2.45) is 0 Å². The first-order chi connectivity index (χ1) is 11.7. The Labute approximate surface area is 146 Å². The van der Waals surface area contributed by atoms with Crippen LogP contribution in [0.25, 0.3) is 0 Å². The average molecular weight is 345 g/mol. The fourth-order valence-corrected chi connectivity index (χ4v) is 3.65. The molecule has 24 heavy (non-hydrogen) atoms. The fourth-order valence-electron chi connectivity index (χ4n) is 3.04. The second kappa shape index (κ2) is 7.70. The summed E-state index contributed by atoms with van der Waals surface area (Å²) in [5.41, 5.74) is 1.83. The molecule has 0 bridgehead atoms. The number of aryl methyl sites for hydroxylation is 2. The van der Waals surface area contributed by atoms with E-state index in [4.69, 9.17) is 0 Å². The van der Waals surface area contributed by atoms with E-state index in [-0.39, 0.29) is 11.9 Å². The standard InChI is InChI=1S/C17H23N5OS/c1-3-6-14-16(24-21-20-14)17(23)19-13-8-5-10-22(11-13)15-9-4-7-12(2)18-15/h4,7,9,13H,3,5-6,8,10-11H2,1-2H3,(H,19,23)/t13-/m1/s1. The number of carbonyl (C=O) groups excluding carboxylic acids is 1. The Balaban J connectivity index is 1.65. The van der Waals surface area contributed by atoms with E-state index < -0.39 is 0 Å². The minimum absolute atomic E-state index is 0.0440. The van der Waals surface area contributed by atoms with Gasteiger partial charge in [-0.3, -0.25) is 4.79 Å². The van der Waals surface area contributed by atoms with E-state index in [2.05, 4.69) is 31.7 Å². The molecule has 2 aromatic heterocycles. The van der Waals surface area contributed by atoms with Gasteiger partial charge in [-0.25, -0.2) is 4.98 Å². The summed E-state index contributed by atoms with van der Waals surface area (Å²) in [6.45, 7) is 5.84. The van der Waals surface area contributed by atoms with Crippen molar-refractivity contribution < 1.29 is 4.79 Å². The number of rotatable bonds is 5. The van der Waals surface area contributed by atoms with E-state index in [1.165, 1.54) is 11.5 Å². The van der Waals surface area contributed by atoms with E-state index in [0.717, 1.165) is 56.0 Å². The van der Waals surface area contributed by atoms with Crippen LogP contribution in [-0.2, 0) is 6.42 Å². The number of pyridine rings is 1. The highest BCUT2D eigenvalue weighted by Crippen LogP contribution is 2.19. The van der Waals surface area contributed by atoms with Crippen molar-refractivity contribution in [2.45, 2.75) is 45.6 Å². The summed E-state index contributed by atoms with van der Waals surface area (Å²) in [4.78, 5) is 20.1. The first-order valence-corrected chi connectivity index (χ1v) is 9.25. The van der Waals surface area contributed by atoms with E-state index in [1.54, 1.807) is 0 Å². The zero-order valence-corrected chi connectivity index (χ0v) is 15.0. The third kappa shape index (κ3) is 3.90. The van der Waals surface area contributed by atoms with Crippen molar-refractivity contribution >= 4 is 23.3 Å². The molecule has 1 saturated heterocycles. The Hall–Kier alpha value is -2.02. The van der Waals surface area contributed by atoms with Gasteiger partial charge in [-0.15, -0.1) is 5.10 Å². The number of aromatic nitrogens is 3. The molecule has 1 amide bonds. The molecule has 0 radical (unpaired) electrons. The van der Waals surface area contributed by atoms with Crippen molar-refractivity contribution in [3.63, 3.8) is 0 Å². The van der Waals surface area contributed by atoms with Crippen LogP contribution in [0.5, 0.6) is 0 Å². The maximum Gasteiger partial charge on any atom is 0.265 e. The minimum atomic E-state index is -0.0440. The zero-order chi connectivity index (χ0) is 16.9. The summed E-state index contributed by atoms with van der Waals surface area (Å²) in [5, 5.41) is 7.24. The summed E-state index contributed by atoms with van der Waals surface area (Å²) in [6, 6.07) is 6.19. The molecule has 2 aromatic rings. The third-order valence-corrected chi connectivity index (χ3v) is 4.97. The molecule has 0 aromatic carbocycles. The van der Waals surface area contributed by atoms with Gasteiger partial charge in [0.2, 0.25) is 0 Å².